The summed E-state index contributed by atoms with van der Waals surface area (Å²) >= 11 is 0. The Morgan fingerprint density at radius 3 is 2.71 bits per heavy atom. The monoisotopic (exact) mass is 292 g/mol. The van der Waals surface area contributed by atoms with E-state index in [0.717, 1.165) is 5.56 Å². The Balaban J connectivity index is 1.91. The number of morpholine rings is 1. The fraction of sp³-hybridized carbons (Fsp3) is 0.467. The van der Waals surface area contributed by atoms with Crippen molar-refractivity contribution in [3.05, 3.63) is 29.8 Å². The lowest BCUT2D eigenvalue weighted by Crippen LogP contribution is -2.49. The van der Waals surface area contributed by atoms with Crippen LogP contribution in [0.15, 0.2) is 24.3 Å². The Morgan fingerprint density at radius 2 is 2.05 bits per heavy atom. The number of carbonyl (C=O) groups is 2. The Labute approximate surface area is 123 Å². The third-order valence-corrected chi connectivity index (χ3v) is 3.57. The van der Waals surface area contributed by atoms with E-state index in [9.17, 15) is 9.59 Å². The number of amides is 1. The topological polar surface area (TPSA) is 92.9 Å². The van der Waals surface area contributed by atoms with Crippen molar-refractivity contribution < 1.29 is 19.4 Å². The van der Waals surface area contributed by atoms with Crippen LogP contribution in [0.2, 0.25) is 0 Å². The number of hydrogen-bond acceptors (Lipinski definition) is 4. The van der Waals surface area contributed by atoms with Crippen LogP contribution in [0.4, 0.5) is 5.69 Å². The molecule has 1 unspecified atom stereocenters. The van der Waals surface area contributed by atoms with Gasteiger partial charge in [-0.1, -0.05) is 12.1 Å². The zero-order chi connectivity index (χ0) is 15.2. The Morgan fingerprint density at radius 1 is 1.33 bits per heavy atom. The summed E-state index contributed by atoms with van der Waals surface area (Å²) in [5, 5.41) is 8.89. The number of aliphatic carboxylic acids is 1. The van der Waals surface area contributed by atoms with Gasteiger partial charge in [-0.25, -0.2) is 0 Å². The first-order valence-electron chi connectivity index (χ1n) is 6.99. The highest BCUT2D eigenvalue weighted by atomic mass is 16.5. The Bertz CT molecular complexity index is 501. The molecule has 3 N–H and O–H groups in total. The smallest absolute Gasteiger partial charge is 0.305 e. The van der Waals surface area contributed by atoms with Gasteiger partial charge in [0.2, 0.25) is 5.91 Å². The number of anilines is 1. The summed E-state index contributed by atoms with van der Waals surface area (Å²) in [6.45, 7) is 1.21. The van der Waals surface area contributed by atoms with Crippen LogP contribution in [-0.4, -0.2) is 47.7 Å². The van der Waals surface area contributed by atoms with Gasteiger partial charge in [-0.05, 0) is 24.1 Å². The number of benzene rings is 1. The molecule has 1 heterocycles. The van der Waals surface area contributed by atoms with E-state index >= 15 is 0 Å². The molecule has 114 valence electrons. The lowest BCUT2D eigenvalue weighted by Gasteiger charge is -2.35. The minimum absolute atomic E-state index is 0.0265. The molecule has 21 heavy (non-hydrogen) atoms. The molecule has 1 fully saturated rings. The second kappa shape index (κ2) is 7.08. The number of hydrogen-bond donors (Lipinski definition) is 2. The molecule has 1 aromatic carbocycles. The fourth-order valence-corrected chi connectivity index (χ4v) is 2.43. The molecule has 0 aromatic heterocycles. The fourth-order valence-electron chi connectivity index (χ4n) is 2.43. The molecule has 0 spiro atoms. The van der Waals surface area contributed by atoms with E-state index in [1.807, 2.05) is 24.3 Å². The van der Waals surface area contributed by atoms with E-state index in [2.05, 4.69) is 0 Å². The third kappa shape index (κ3) is 4.46. The number of carboxylic acid groups (broad SMARTS) is 1. The van der Waals surface area contributed by atoms with Gasteiger partial charge < -0.3 is 20.5 Å². The molecule has 0 saturated carbocycles. The number of nitrogens with zero attached hydrogens (tertiary/aromatic N) is 1. The van der Waals surface area contributed by atoms with Gasteiger partial charge in [-0.2, -0.15) is 0 Å². The van der Waals surface area contributed by atoms with Crippen LogP contribution < -0.4 is 5.73 Å². The minimum atomic E-state index is -0.915. The highest BCUT2D eigenvalue weighted by molar-refractivity contribution is 5.78. The lowest BCUT2D eigenvalue weighted by molar-refractivity contribution is -0.146. The summed E-state index contributed by atoms with van der Waals surface area (Å²) < 4.78 is 5.27. The standard InChI is InChI=1S/C15H20N2O4/c16-12-4-1-11(2-5-12)3-6-14(18)17-7-8-21-10-13(17)9-15(19)20/h1-2,4-5,13H,3,6-10,16H2,(H,19,20). The van der Waals surface area contributed by atoms with Crippen LogP contribution in [0, 0.1) is 0 Å². The van der Waals surface area contributed by atoms with Crippen molar-refractivity contribution in [2.24, 2.45) is 0 Å². The first kappa shape index (κ1) is 15.3. The summed E-state index contributed by atoms with van der Waals surface area (Å²) in [6.07, 6.45) is 0.907. The first-order chi connectivity index (χ1) is 10.1. The van der Waals surface area contributed by atoms with E-state index in [4.69, 9.17) is 15.6 Å². The summed E-state index contributed by atoms with van der Waals surface area (Å²) in [7, 11) is 0. The van der Waals surface area contributed by atoms with Crippen LogP contribution in [-0.2, 0) is 20.7 Å². The molecule has 1 aromatic rings. The number of carbonyl (C=O) groups excluding carboxylic acids is 1. The van der Waals surface area contributed by atoms with E-state index in [1.165, 1.54) is 0 Å². The molecule has 1 atom stereocenters. The first-order valence-corrected chi connectivity index (χ1v) is 6.99. The molecule has 6 heteroatoms. The molecule has 6 nitrogen and oxygen atoms in total. The van der Waals surface area contributed by atoms with Crippen molar-refractivity contribution >= 4 is 17.6 Å². The number of nitrogens with two attached hydrogens (primary N) is 1. The highest BCUT2D eigenvalue weighted by Crippen LogP contribution is 2.14. The van der Waals surface area contributed by atoms with Gasteiger partial charge in [0.25, 0.3) is 0 Å². The molecule has 1 saturated heterocycles. The van der Waals surface area contributed by atoms with E-state index < -0.39 is 5.97 Å². The zero-order valence-electron chi connectivity index (χ0n) is 11.8. The van der Waals surface area contributed by atoms with Crippen LogP contribution in [0.25, 0.3) is 0 Å². The van der Waals surface area contributed by atoms with E-state index in [1.54, 1.807) is 4.90 Å². The van der Waals surface area contributed by atoms with Gasteiger partial charge in [0, 0.05) is 18.7 Å². The molecule has 0 bridgehead atoms. The number of rotatable bonds is 5. The number of aryl methyl sites for hydroxylation is 1. The van der Waals surface area contributed by atoms with E-state index in [0.29, 0.717) is 38.3 Å². The van der Waals surface area contributed by atoms with Gasteiger partial charge in [-0.15, -0.1) is 0 Å². The van der Waals surface area contributed by atoms with Crippen molar-refractivity contribution in [3.63, 3.8) is 0 Å². The molecule has 1 aliphatic rings. The highest BCUT2D eigenvalue weighted by Gasteiger charge is 2.28. The van der Waals surface area contributed by atoms with Crippen LogP contribution in [0.5, 0.6) is 0 Å². The number of nitrogen functional groups attached to an aromatic ring is 1. The second-order valence-electron chi connectivity index (χ2n) is 5.16. The maximum Gasteiger partial charge on any atom is 0.305 e. The average molecular weight is 292 g/mol. The SMILES string of the molecule is Nc1ccc(CCC(=O)N2CCOCC2CC(=O)O)cc1. The predicted molar refractivity (Wildman–Crippen MR) is 77.7 cm³/mol. The molecule has 1 aliphatic heterocycles. The summed E-state index contributed by atoms with van der Waals surface area (Å²) in [5.41, 5.74) is 7.36. The van der Waals surface area contributed by atoms with Crippen molar-refractivity contribution in [3.8, 4) is 0 Å². The van der Waals surface area contributed by atoms with Gasteiger partial charge in [0.05, 0.1) is 25.7 Å². The van der Waals surface area contributed by atoms with E-state index in [-0.39, 0.29) is 18.4 Å². The van der Waals surface area contributed by atoms with Gasteiger partial charge >= 0.3 is 5.97 Å². The van der Waals surface area contributed by atoms with Crippen LogP contribution >= 0.6 is 0 Å². The maximum atomic E-state index is 12.3. The Kier molecular flexibility index (Phi) is 5.16. The normalized spacial score (nSPS) is 18.5. The maximum absolute atomic E-state index is 12.3. The molecular weight excluding hydrogens is 272 g/mol. The van der Waals surface area contributed by atoms with Gasteiger partial charge in [-0.3, -0.25) is 9.59 Å². The predicted octanol–water partition coefficient (Wildman–Crippen LogP) is 0.903. The van der Waals surface area contributed by atoms with Crippen molar-refractivity contribution in [2.45, 2.75) is 25.3 Å². The molecule has 0 aliphatic carbocycles. The average Bonchev–Trinajstić information content (AvgIpc) is 2.46. The largest absolute Gasteiger partial charge is 0.481 e. The molecular formula is C15H20N2O4. The molecule has 1 amide bonds. The quantitative estimate of drug-likeness (QED) is 0.787. The molecule has 0 radical (unpaired) electrons. The van der Waals surface area contributed by atoms with Gasteiger partial charge in [0.1, 0.15) is 0 Å². The summed E-state index contributed by atoms with van der Waals surface area (Å²) in [4.78, 5) is 24.8. The van der Waals surface area contributed by atoms with Crippen molar-refractivity contribution in [2.75, 3.05) is 25.5 Å². The summed E-state index contributed by atoms with van der Waals surface area (Å²) in [5.74, 6) is -0.941. The number of carboxylic acids is 1. The minimum Gasteiger partial charge on any atom is -0.481 e. The number of ether oxygens (including phenoxy) is 1. The zero-order valence-corrected chi connectivity index (χ0v) is 11.8. The van der Waals surface area contributed by atoms with Crippen LogP contribution in [0.1, 0.15) is 18.4 Å². The van der Waals surface area contributed by atoms with Gasteiger partial charge in [0.15, 0.2) is 0 Å². The third-order valence-electron chi connectivity index (χ3n) is 3.57. The van der Waals surface area contributed by atoms with Crippen molar-refractivity contribution in [1.29, 1.82) is 0 Å². The Hall–Kier alpha value is -2.08. The second-order valence-corrected chi connectivity index (χ2v) is 5.16. The van der Waals surface area contributed by atoms with Crippen LogP contribution in [0.3, 0.4) is 0 Å². The van der Waals surface area contributed by atoms with Crippen molar-refractivity contribution in [1.82, 2.24) is 4.90 Å². The lowest BCUT2D eigenvalue weighted by atomic mass is 10.1. The summed E-state index contributed by atoms with van der Waals surface area (Å²) in [6, 6.07) is 7.05. The molecule has 2 rings (SSSR count).